The number of nitrogens with zero attached hydrogens (tertiary/aromatic N) is 1. The van der Waals surface area contributed by atoms with Gasteiger partial charge >= 0.3 is 6.18 Å². The lowest BCUT2D eigenvalue weighted by molar-refractivity contribution is -0.166. The van der Waals surface area contributed by atoms with Gasteiger partial charge in [0.2, 0.25) is 0 Å². The zero-order valence-electron chi connectivity index (χ0n) is 8.93. The van der Waals surface area contributed by atoms with E-state index in [4.69, 9.17) is 0 Å². The molecule has 16 heavy (non-hydrogen) atoms. The van der Waals surface area contributed by atoms with Crippen LogP contribution in [-0.2, 0) is 6.54 Å². The number of halogens is 3. The van der Waals surface area contributed by atoms with Crippen molar-refractivity contribution in [2.45, 2.75) is 38.0 Å². The maximum atomic E-state index is 12.6. The maximum absolute atomic E-state index is 12.6. The van der Waals surface area contributed by atoms with E-state index in [2.05, 4.69) is 10.3 Å². The topological polar surface area (TPSA) is 24.9 Å². The third-order valence-corrected chi connectivity index (χ3v) is 2.85. The highest BCUT2D eigenvalue weighted by atomic mass is 19.4. The number of aryl methyl sites for hydroxylation is 1. The number of rotatable bonds is 3. The predicted molar refractivity (Wildman–Crippen MR) is 53.8 cm³/mol. The van der Waals surface area contributed by atoms with E-state index in [0.717, 1.165) is 5.69 Å². The number of alkyl halides is 3. The van der Waals surface area contributed by atoms with Crippen LogP contribution in [0.1, 0.15) is 24.2 Å². The lowest BCUT2D eigenvalue weighted by atomic mass is 10.2. The van der Waals surface area contributed by atoms with Gasteiger partial charge in [-0.2, -0.15) is 13.2 Å². The molecule has 2 rings (SSSR count). The van der Waals surface area contributed by atoms with Crippen LogP contribution in [0.25, 0.3) is 0 Å². The van der Waals surface area contributed by atoms with E-state index in [1.165, 1.54) is 0 Å². The van der Waals surface area contributed by atoms with Gasteiger partial charge in [0.15, 0.2) is 0 Å². The van der Waals surface area contributed by atoms with Gasteiger partial charge in [0.05, 0.1) is 5.69 Å². The van der Waals surface area contributed by atoms with Crippen LogP contribution < -0.4 is 5.32 Å². The highest BCUT2D eigenvalue weighted by Gasteiger charge is 2.62. The molecule has 1 aliphatic carbocycles. The molecule has 0 unspecified atom stereocenters. The summed E-state index contributed by atoms with van der Waals surface area (Å²) in [5.74, 6) is 0. The summed E-state index contributed by atoms with van der Waals surface area (Å²) in [6.07, 6.45) is -3.82. The summed E-state index contributed by atoms with van der Waals surface area (Å²) in [5, 5.41) is 2.57. The van der Waals surface area contributed by atoms with Gasteiger partial charge in [-0.15, -0.1) is 0 Å². The second kappa shape index (κ2) is 3.73. The van der Waals surface area contributed by atoms with Crippen molar-refractivity contribution in [1.29, 1.82) is 0 Å². The van der Waals surface area contributed by atoms with Crippen molar-refractivity contribution >= 4 is 0 Å². The Hall–Kier alpha value is -1.10. The molecular formula is C11H13F3N2. The zero-order chi connectivity index (χ0) is 11.8. The van der Waals surface area contributed by atoms with Crippen molar-refractivity contribution in [1.82, 2.24) is 10.3 Å². The monoisotopic (exact) mass is 230 g/mol. The van der Waals surface area contributed by atoms with E-state index < -0.39 is 11.7 Å². The van der Waals surface area contributed by atoms with Crippen LogP contribution in [0.3, 0.4) is 0 Å². The minimum atomic E-state index is -4.16. The number of hydrogen-bond donors (Lipinski definition) is 1. The highest BCUT2D eigenvalue weighted by Crippen LogP contribution is 2.48. The number of aromatic nitrogens is 1. The second-order valence-electron chi connectivity index (χ2n) is 4.20. The van der Waals surface area contributed by atoms with Crippen molar-refractivity contribution in [3.8, 4) is 0 Å². The molecule has 1 N–H and O–H groups in total. The molecule has 1 aliphatic rings. The van der Waals surface area contributed by atoms with Crippen LogP contribution in [0.5, 0.6) is 0 Å². The first-order chi connectivity index (χ1) is 7.43. The summed E-state index contributed by atoms with van der Waals surface area (Å²) in [7, 11) is 0. The Morgan fingerprint density at radius 2 is 2.06 bits per heavy atom. The molecule has 0 saturated heterocycles. The minimum Gasteiger partial charge on any atom is -0.298 e. The molecule has 1 aromatic rings. The van der Waals surface area contributed by atoms with Crippen molar-refractivity contribution in [2.75, 3.05) is 0 Å². The fourth-order valence-corrected chi connectivity index (χ4v) is 1.64. The lowest BCUT2D eigenvalue weighted by Crippen LogP contribution is -2.44. The van der Waals surface area contributed by atoms with E-state index in [1.54, 1.807) is 12.1 Å². The Balaban J connectivity index is 1.98. The first-order valence-electron chi connectivity index (χ1n) is 5.17. The summed E-state index contributed by atoms with van der Waals surface area (Å²) < 4.78 is 37.8. The van der Waals surface area contributed by atoms with Crippen LogP contribution in [0, 0.1) is 6.92 Å². The standard InChI is InChI=1S/C11H13F3N2/c1-8-3-2-4-9(16-8)7-15-10(5-6-10)11(12,13)14/h2-4,15H,5-7H2,1H3. The average molecular weight is 230 g/mol. The smallest absolute Gasteiger partial charge is 0.298 e. The summed E-state index contributed by atoms with van der Waals surface area (Å²) in [6, 6.07) is 5.35. The largest absolute Gasteiger partial charge is 0.406 e. The van der Waals surface area contributed by atoms with E-state index >= 15 is 0 Å². The highest BCUT2D eigenvalue weighted by molar-refractivity contribution is 5.13. The molecule has 2 nitrogen and oxygen atoms in total. The van der Waals surface area contributed by atoms with Crippen LogP contribution >= 0.6 is 0 Å². The molecule has 1 fully saturated rings. The molecular weight excluding hydrogens is 217 g/mol. The maximum Gasteiger partial charge on any atom is 0.406 e. The van der Waals surface area contributed by atoms with Gasteiger partial charge in [0.25, 0.3) is 0 Å². The molecule has 0 radical (unpaired) electrons. The zero-order valence-corrected chi connectivity index (χ0v) is 8.93. The quantitative estimate of drug-likeness (QED) is 0.863. The normalized spacial score (nSPS) is 18.5. The SMILES string of the molecule is Cc1cccc(CNC2(C(F)(F)F)CC2)n1. The first-order valence-corrected chi connectivity index (χ1v) is 5.17. The van der Waals surface area contributed by atoms with Crippen LogP contribution in [0.2, 0.25) is 0 Å². The third kappa shape index (κ3) is 2.19. The van der Waals surface area contributed by atoms with Crippen molar-refractivity contribution in [2.24, 2.45) is 0 Å². The fraction of sp³-hybridized carbons (Fsp3) is 0.545. The summed E-state index contributed by atoms with van der Waals surface area (Å²) in [5.41, 5.74) is -0.190. The summed E-state index contributed by atoms with van der Waals surface area (Å²) in [4.78, 5) is 4.16. The molecule has 0 amide bonds. The molecule has 0 aliphatic heterocycles. The van der Waals surface area contributed by atoms with Crippen LogP contribution in [0.15, 0.2) is 18.2 Å². The number of pyridine rings is 1. The Morgan fingerprint density at radius 3 is 2.56 bits per heavy atom. The van der Waals surface area contributed by atoms with Gasteiger partial charge < -0.3 is 0 Å². The molecule has 0 aromatic carbocycles. The van der Waals surface area contributed by atoms with Gasteiger partial charge in [-0.05, 0) is 31.9 Å². The van der Waals surface area contributed by atoms with E-state index in [1.807, 2.05) is 13.0 Å². The molecule has 1 aromatic heterocycles. The molecule has 88 valence electrons. The predicted octanol–water partition coefficient (Wildman–Crippen LogP) is 2.57. The van der Waals surface area contributed by atoms with Gasteiger partial charge in [-0.1, -0.05) is 6.07 Å². The van der Waals surface area contributed by atoms with Gasteiger partial charge in [-0.25, -0.2) is 0 Å². The van der Waals surface area contributed by atoms with Crippen molar-refractivity contribution in [3.05, 3.63) is 29.6 Å². The van der Waals surface area contributed by atoms with Crippen LogP contribution in [-0.4, -0.2) is 16.7 Å². The Kier molecular flexibility index (Phi) is 2.66. The molecule has 1 heterocycles. The van der Waals surface area contributed by atoms with Crippen LogP contribution in [0.4, 0.5) is 13.2 Å². The number of hydrogen-bond acceptors (Lipinski definition) is 2. The van der Waals surface area contributed by atoms with E-state index in [0.29, 0.717) is 5.69 Å². The van der Waals surface area contributed by atoms with Gasteiger partial charge in [0, 0.05) is 12.2 Å². The van der Waals surface area contributed by atoms with Gasteiger partial charge in [0.1, 0.15) is 5.54 Å². The molecule has 1 saturated carbocycles. The second-order valence-corrected chi connectivity index (χ2v) is 4.20. The van der Waals surface area contributed by atoms with Crippen molar-refractivity contribution in [3.63, 3.8) is 0 Å². The summed E-state index contributed by atoms with van der Waals surface area (Å²) >= 11 is 0. The Bertz CT molecular complexity index is 383. The summed E-state index contributed by atoms with van der Waals surface area (Å²) in [6.45, 7) is 1.99. The molecule has 0 spiro atoms. The van der Waals surface area contributed by atoms with Crippen molar-refractivity contribution < 1.29 is 13.2 Å². The fourth-order valence-electron chi connectivity index (χ4n) is 1.64. The minimum absolute atomic E-state index is 0.168. The molecule has 0 atom stereocenters. The average Bonchev–Trinajstić information content (AvgIpc) is 2.94. The van der Waals surface area contributed by atoms with Gasteiger partial charge in [-0.3, -0.25) is 10.3 Å². The molecule has 0 bridgehead atoms. The Morgan fingerprint density at radius 1 is 1.38 bits per heavy atom. The first kappa shape index (κ1) is 11.4. The van der Waals surface area contributed by atoms with E-state index in [-0.39, 0.29) is 19.4 Å². The number of nitrogens with one attached hydrogen (secondary N) is 1. The van der Waals surface area contributed by atoms with E-state index in [9.17, 15) is 13.2 Å². The Labute approximate surface area is 91.9 Å². The lowest BCUT2D eigenvalue weighted by Gasteiger charge is -2.20. The third-order valence-electron chi connectivity index (χ3n) is 2.85. The molecule has 5 heteroatoms.